The molecule has 0 aliphatic carbocycles. The number of benzene rings is 1. The van der Waals surface area contributed by atoms with Gasteiger partial charge in [-0.3, -0.25) is 9.78 Å². The topological polar surface area (TPSA) is 77.8 Å². The highest BCUT2D eigenvalue weighted by Gasteiger charge is 2.39. The molecule has 0 saturated carbocycles. The molecule has 1 aromatic heterocycles. The second-order valence-electron chi connectivity index (χ2n) is 6.51. The summed E-state index contributed by atoms with van der Waals surface area (Å²) in [6.07, 6.45) is 6.69. The molecular weight excluding hydrogens is 332 g/mol. The van der Waals surface area contributed by atoms with E-state index in [-0.39, 0.29) is 11.9 Å². The van der Waals surface area contributed by atoms with Crippen LogP contribution in [0.15, 0.2) is 52.5 Å². The first-order chi connectivity index (χ1) is 12.2. The van der Waals surface area contributed by atoms with Crippen LogP contribution in [0.3, 0.4) is 0 Å². The van der Waals surface area contributed by atoms with Gasteiger partial charge in [-0.1, -0.05) is 11.8 Å². The second kappa shape index (κ2) is 6.87. The van der Waals surface area contributed by atoms with Gasteiger partial charge in [0.1, 0.15) is 6.07 Å². The van der Waals surface area contributed by atoms with Crippen molar-refractivity contribution < 1.29 is 4.79 Å². The number of nitriles is 1. The molecule has 25 heavy (non-hydrogen) atoms. The van der Waals surface area contributed by atoms with Gasteiger partial charge in [0.2, 0.25) is 0 Å². The molecule has 126 valence electrons. The molecule has 3 atom stereocenters. The van der Waals surface area contributed by atoms with Gasteiger partial charge in [-0.25, -0.2) is 0 Å². The van der Waals surface area contributed by atoms with Crippen molar-refractivity contribution in [1.29, 1.82) is 5.26 Å². The molecule has 2 aromatic rings. The number of fused-ring (bicyclic) bond motifs is 2. The lowest BCUT2D eigenvalue weighted by molar-refractivity contribution is 0.0931. The Morgan fingerprint density at radius 1 is 1.24 bits per heavy atom. The van der Waals surface area contributed by atoms with Crippen molar-refractivity contribution >= 4 is 17.7 Å². The Balaban J connectivity index is 1.39. The van der Waals surface area contributed by atoms with E-state index < -0.39 is 0 Å². The fraction of sp³-hybridized carbons (Fsp3) is 0.316. The highest BCUT2D eigenvalue weighted by Crippen LogP contribution is 2.29. The molecule has 3 heterocycles. The van der Waals surface area contributed by atoms with Gasteiger partial charge in [0.15, 0.2) is 0 Å². The summed E-state index contributed by atoms with van der Waals surface area (Å²) in [6, 6.07) is 12.7. The van der Waals surface area contributed by atoms with Gasteiger partial charge in [-0.2, -0.15) is 5.26 Å². The number of hydrogen-bond acceptors (Lipinski definition) is 5. The van der Waals surface area contributed by atoms with E-state index >= 15 is 0 Å². The van der Waals surface area contributed by atoms with Gasteiger partial charge < -0.3 is 10.6 Å². The summed E-state index contributed by atoms with van der Waals surface area (Å²) in [5, 5.41) is 15.6. The molecule has 0 unspecified atom stereocenters. The van der Waals surface area contributed by atoms with Crippen LogP contribution in [0.2, 0.25) is 0 Å². The van der Waals surface area contributed by atoms with Gasteiger partial charge in [0.25, 0.3) is 5.91 Å². The Hall–Kier alpha value is -2.36. The number of nitrogens with one attached hydrogen (secondary N) is 2. The van der Waals surface area contributed by atoms with Crippen LogP contribution in [0.4, 0.5) is 0 Å². The van der Waals surface area contributed by atoms with Crippen molar-refractivity contribution in [2.75, 3.05) is 0 Å². The molecule has 2 aliphatic heterocycles. The summed E-state index contributed by atoms with van der Waals surface area (Å²) in [4.78, 5) is 18.4. The van der Waals surface area contributed by atoms with E-state index in [4.69, 9.17) is 5.26 Å². The number of pyridine rings is 1. The molecule has 4 rings (SSSR count). The monoisotopic (exact) mass is 350 g/mol. The molecule has 2 bridgehead atoms. The van der Waals surface area contributed by atoms with Crippen molar-refractivity contribution in [1.82, 2.24) is 15.6 Å². The Morgan fingerprint density at radius 2 is 2.08 bits per heavy atom. The average molecular weight is 350 g/mol. The molecule has 2 fully saturated rings. The summed E-state index contributed by atoms with van der Waals surface area (Å²) in [6.45, 7) is 0. The molecule has 2 N–H and O–H groups in total. The minimum atomic E-state index is -0.0101. The van der Waals surface area contributed by atoms with Crippen LogP contribution in [0.1, 0.15) is 35.2 Å². The van der Waals surface area contributed by atoms with E-state index in [0.29, 0.717) is 23.2 Å². The smallest absolute Gasteiger partial charge is 0.251 e. The first-order valence-electron chi connectivity index (χ1n) is 8.41. The quantitative estimate of drug-likeness (QED) is 0.886. The summed E-state index contributed by atoms with van der Waals surface area (Å²) in [5.74, 6) is -0.0101. The Labute approximate surface area is 150 Å². The summed E-state index contributed by atoms with van der Waals surface area (Å²) in [5.41, 5.74) is 1.22. The fourth-order valence-corrected chi connectivity index (χ4v) is 4.43. The van der Waals surface area contributed by atoms with Crippen molar-refractivity contribution in [2.24, 2.45) is 0 Å². The lowest BCUT2D eigenvalue weighted by atomic mass is 9.95. The van der Waals surface area contributed by atoms with Crippen molar-refractivity contribution in [3.05, 3.63) is 53.9 Å². The van der Waals surface area contributed by atoms with Crippen LogP contribution in [-0.2, 0) is 0 Å². The predicted molar refractivity (Wildman–Crippen MR) is 95.3 cm³/mol. The van der Waals surface area contributed by atoms with E-state index in [2.05, 4.69) is 21.7 Å². The molecule has 1 aromatic carbocycles. The molecule has 6 heteroatoms. The third-order valence-electron chi connectivity index (χ3n) is 4.81. The summed E-state index contributed by atoms with van der Waals surface area (Å²) >= 11 is 1.52. The second-order valence-corrected chi connectivity index (χ2v) is 7.66. The Kier molecular flexibility index (Phi) is 4.43. The van der Waals surface area contributed by atoms with E-state index in [1.54, 1.807) is 18.5 Å². The Morgan fingerprint density at radius 3 is 2.76 bits per heavy atom. The van der Waals surface area contributed by atoms with Crippen LogP contribution in [0.5, 0.6) is 0 Å². The Bertz CT molecular complexity index is 830. The third-order valence-corrected chi connectivity index (χ3v) is 5.78. The standard InChI is InChI=1S/C19H18N4OS/c20-9-12-7-16(11-21-10-12)25-15-4-1-13(2-5-15)19(24)23-18-8-14-3-6-17(18)22-14/h1-2,4-5,7,10-11,14,17-18,22H,3,6,8H2,(H,23,24)/t14-,17+,18-/m1/s1. The number of rotatable bonds is 4. The molecule has 2 aliphatic rings. The minimum Gasteiger partial charge on any atom is -0.348 e. The van der Waals surface area contributed by atoms with Gasteiger partial charge in [-0.15, -0.1) is 0 Å². The van der Waals surface area contributed by atoms with Crippen molar-refractivity contribution in [3.63, 3.8) is 0 Å². The lowest BCUT2D eigenvalue weighted by Crippen LogP contribution is -2.42. The normalized spacial score (nSPS) is 24.0. The van der Waals surface area contributed by atoms with Gasteiger partial charge >= 0.3 is 0 Å². The largest absolute Gasteiger partial charge is 0.348 e. The summed E-state index contributed by atoms with van der Waals surface area (Å²) in [7, 11) is 0. The van der Waals surface area contributed by atoms with Crippen molar-refractivity contribution in [2.45, 2.75) is 47.2 Å². The van der Waals surface area contributed by atoms with Crippen LogP contribution in [0, 0.1) is 11.3 Å². The molecular formula is C19H18N4OS. The molecule has 5 nitrogen and oxygen atoms in total. The number of hydrogen-bond donors (Lipinski definition) is 2. The van der Waals surface area contributed by atoms with E-state index in [1.807, 2.05) is 24.3 Å². The average Bonchev–Trinajstić information content (AvgIpc) is 3.25. The predicted octanol–water partition coefficient (Wildman–Crippen LogP) is 2.73. The van der Waals surface area contributed by atoms with Gasteiger partial charge in [0, 0.05) is 45.9 Å². The molecule has 0 spiro atoms. The van der Waals surface area contributed by atoms with E-state index in [9.17, 15) is 4.79 Å². The lowest BCUT2D eigenvalue weighted by Gasteiger charge is -2.21. The molecule has 0 radical (unpaired) electrons. The number of carbonyl (C=O) groups is 1. The van der Waals surface area contributed by atoms with Gasteiger partial charge in [-0.05, 0) is 49.6 Å². The fourth-order valence-electron chi connectivity index (χ4n) is 3.58. The molecule has 2 saturated heterocycles. The number of aromatic nitrogens is 1. The maximum absolute atomic E-state index is 12.4. The minimum absolute atomic E-state index is 0.0101. The highest BCUT2D eigenvalue weighted by molar-refractivity contribution is 7.99. The van der Waals surface area contributed by atoms with Crippen LogP contribution in [0.25, 0.3) is 0 Å². The third kappa shape index (κ3) is 3.53. The number of carbonyl (C=O) groups excluding carboxylic acids is 1. The maximum Gasteiger partial charge on any atom is 0.251 e. The number of amides is 1. The van der Waals surface area contributed by atoms with E-state index in [0.717, 1.165) is 22.6 Å². The molecule has 1 amide bonds. The zero-order valence-electron chi connectivity index (χ0n) is 13.6. The van der Waals surface area contributed by atoms with E-state index in [1.165, 1.54) is 18.2 Å². The van der Waals surface area contributed by atoms with Gasteiger partial charge in [0.05, 0.1) is 5.56 Å². The zero-order valence-corrected chi connectivity index (χ0v) is 14.4. The van der Waals surface area contributed by atoms with Crippen LogP contribution < -0.4 is 10.6 Å². The zero-order chi connectivity index (χ0) is 17.2. The van der Waals surface area contributed by atoms with Crippen molar-refractivity contribution in [3.8, 4) is 6.07 Å². The first kappa shape index (κ1) is 16.1. The maximum atomic E-state index is 12.4. The number of nitrogens with zero attached hydrogens (tertiary/aromatic N) is 2. The first-order valence-corrected chi connectivity index (χ1v) is 9.23. The van der Waals surface area contributed by atoms with Crippen LogP contribution >= 0.6 is 11.8 Å². The highest BCUT2D eigenvalue weighted by atomic mass is 32.2. The summed E-state index contributed by atoms with van der Waals surface area (Å²) < 4.78 is 0. The van der Waals surface area contributed by atoms with Crippen LogP contribution in [-0.4, -0.2) is 29.0 Å². The SMILES string of the molecule is N#Cc1cncc(Sc2ccc(C(=O)N[C@@H]3C[C@H]4CC[C@@H]3N4)cc2)c1.